The molecule has 1 heterocycles. The van der Waals surface area contributed by atoms with Crippen LogP contribution in [-0.2, 0) is 4.74 Å². The Labute approximate surface area is 210 Å². The normalized spacial score (nSPS) is 16.6. The van der Waals surface area contributed by atoms with Crippen molar-refractivity contribution in [2.45, 2.75) is 19.4 Å². The highest BCUT2D eigenvalue weighted by molar-refractivity contribution is 6.35. The molecule has 2 aromatic rings. The molecule has 1 amide bonds. The van der Waals surface area contributed by atoms with Crippen molar-refractivity contribution < 1.29 is 19.0 Å². The molecule has 0 radical (unpaired) electrons. The minimum absolute atomic E-state index is 0.204. The molecule has 3 rings (SSSR count). The summed E-state index contributed by atoms with van der Waals surface area (Å²) in [6.07, 6.45) is 0.530. The van der Waals surface area contributed by atoms with Crippen molar-refractivity contribution in [1.29, 1.82) is 0 Å². The van der Waals surface area contributed by atoms with Crippen LogP contribution in [0, 0.1) is 0 Å². The lowest BCUT2D eigenvalue weighted by Gasteiger charge is -2.36. The molecule has 1 aliphatic rings. The molecule has 1 atom stereocenters. The fourth-order valence-corrected chi connectivity index (χ4v) is 4.48. The molecule has 0 aliphatic carbocycles. The van der Waals surface area contributed by atoms with Crippen LogP contribution in [-0.4, -0.2) is 63.6 Å². The fourth-order valence-electron chi connectivity index (χ4n) is 3.98. The molecule has 0 saturated carbocycles. The summed E-state index contributed by atoms with van der Waals surface area (Å²) in [5.41, 5.74) is 9.91. The molecule has 0 bridgehead atoms. The smallest absolute Gasteiger partial charge is 0.256 e. The van der Waals surface area contributed by atoms with Crippen molar-refractivity contribution in [3.8, 4) is 11.5 Å². The maximum absolute atomic E-state index is 13.3. The van der Waals surface area contributed by atoms with Crippen molar-refractivity contribution in [1.82, 2.24) is 4.90 Å². The summed E-state index contributed by atoms with van der Waals surface area (Å²) in [6.45, 7) is 3.22. The number of aliphatic imine (C=N–C) groups is 1. The minimum atomic E-state index is -0.355. The van der Waals surface area contributed by atoms with E-state index in [1.807, 2.05) is 19.1 Å². The second-order valence-electron chi connectivity index (χ2n) is 7.77. The van der Waals surface area contributed by atoms with Crippen molar-refractivity contribution in [2.75, 3.05) is 41.0 Å². The second-order valence-corrected chi connectivity index (χ2v) is 8.58. The van der Waals surface area contributed by atoms with Crippen LogP contribution in [0.1, 0.15) is 29.3 Å². The number of hydrogen-bond acceptors (Lipinski definition) is 6. The average Bonchev–Trinajstić information content (AvgIpc) is 2.82. The van der Waals surface area contributed by atoms with Crippen molar-refractivity contribution in [2.24, 2.45) is 10.7 Å². The number of ether oxygens (including phenoxy) is 3. The van der Waals surface area contributed by atoms with E-state index in [4.69, 9.17) is 43.1 Å². The maximum atomic E-state index is 13.3. The van der Waals surface area contributed by atoms with Crippen LogP contribution in [0.25, 0.3) is 0 Å². The van der Waals surface area contributed by atoms with Crippen LogP contribution < -0.4 is 15.2 Å². The molecule has 0 saturated heterocycles. The molecule has 0 spiro atoms. The first-order valence-corrected chi connectivity index (χ1v) is 11.6. The summed E-state index contributed by atoms with van der Waals surface area (Å²) in [6, 6.07) is 10.2. The van der Waals surface area contributed by atoms with Gasteiger partial charge in [0.25, 0.3) is 5.91 Å². The van der Waals surface area contributed by atoms with Gasteiger partial charge < -0.3 is 24.8 Å². The Bertz CT molecular complexity index is 1120. The third-order valence-corrected chi connectivity index (χ3v) is 6.36. The standard InChI is InChI=1S/C25H29Cl2N3O4/c1-15-23(28)20(8-9-30(15)25(31)19-6-5-7-21(33-4)22(19)27)24(29-2)16-12-17(26)14-18(13-16)34-11-10-32-3/h5-7,12-15H,8-11,28H2,1-4H3. The molecular weight excluding hydrogens is 477 g/mol. The van der Waals surface area contributed by atoms with Crippen molar-refractivity contribution in [3.63, 3.8) is 0 Å². The first-order valence-electron chi connectivity index (χ1n) is 10.8. The van der Waals surface area contributed by atoms with E-state index in [2.05, 4.69) is 4.99 Å². The van der Waals surface area contributed by atoms with Crippen LogP contribution in [0.3, 0.4) is 0 Å². The van der Waals surface area contributed by atoms with Gasteiger partial charge in [0.2, 0.25) is 0 Å². The number of carbonyl (C=O) groups excluding carboxylic acids is 1. The Balaban J connectivity index is 1.90. The van der Waals surface area contributed by atoms with Crippen LogP contribution in [0.2, 0.25) is 10.0 Å². The van der Waals surface area contributed by atoms with E-state index in [0.29, 0.717) is 54.0 Å². The summed E-state index contributed by atoms with van der Waals surface area (Å²) in [5, 5.41) is 0.810. The third kappa shape index (κ3) is 5.49. The lowest BCUT2D eigenvalue weighted by molar-refractivity contribution is 0.0706. The number of benzene rings is 2. The predicted octanol–water partition coefficient (Wildman–Crippen LogP) is 4.59. The van der Waals surface area contributed by atoms with Gasteiger partial charge in [-0.1, -0.05) is 29.3 Å². The van der Waals surface area contributed by atoms with Gasteiger partial charge in [-0.05, 0) is 43.7 Å². The Kier molecular flexibility index (Phi) is 8.83. The zero-order valence-corrected chi connectivity index (χ0v) is 21.2. The van der Waals surface area contributed by atoms with Gasteiger partial charge in [-0.3, -0.25) is 9.79 Å². The molecule has 0 aromatic heterocycles. The van der Waals surface area contributed by atoms with Gasteiger partial charge in [0.1, 0.15) is 18.1 Å². The molecule has 1 unspecified atom stereocenters. The Morgan fingerprint density at radius 2 is 1.97 bits per heavy atom. The van der Waals surface area contributed by atoms with E-state index >= 15 is 0 Å². The molecule has 2 N–H and O–H groups in total. The Morgan fingerprint density at radius 3 is 2.65 bits per heavy atom. The lowest BCUT2D eigenvalue weighted by Crippen LogP contribution is -2.46. The summed E-state index contributed by atoms with van der Waals surface area (Å²) in [4.78, 5) is 19.5. The molecule has 7 nitrogen and oxygen atoms in total. The number of carbonyl (C=O) groups is 1. The summed E-state index contributed by atoms with van der Waals surface area (Å²) in [5.74, 6) is 0.865. The third-order valence-electron chi connectivity index (χ3n) is 5.75. The fraction of sp³-hybridized carbons (Fsp3) is 0.360. The van der Waals surface area contributed by atoms with E-state index < -0.39 is 0 Å². The Morgan fingerprint density at radius 1 is 1.21 bits per heavy atom. The van der Waals surface area contributed by atoms with E-state index in [1.165, 1.54) is 7.11 Å². The Hall–Kier alpha value is -2.74. The maximum Gasteiger partial charge on any atom is 0.256 e. The summed E-state index contributed by atoms with van der Waals surface area (Å²) in [7, 11) is 4.84. The highest BCUT2D eigenvalue weighted by atomic mass is 35.5. The highest BCUT2D eigenvalue weighted by Gasteiger charge is 2.32. The van der Waals surface area contributed by atoms with Gasteiger partial charge in [-0.25, -0.2) is 0 Å². The van der Waals surface area contributed by atoms with Crippen LogP contribution in [0.15, 0.2) is 52.7 Å². The van der Waals surface area contributed by atoms with Gasteiger partial charge >= 0.3 is 0 Å². The first-order chi connectivity index (χ1) is 16.3. The number of rotatable bonds is 8. The average molecular weight is 506 g/mol. The predicted molar refractivity (Wildman–Crippen MR) is 136 cm³/mol. The van der Waals surface area contributed by atoms with E-state index in [9.17, 15) is 4.79 Å². The number of hydrogen-bond donors (Lipinski definition) is 1. The quantitative estimate of drug-likeness (QED) is 0.418. The van der Waals surface area contributed by atoms with E-state index in [-0.39, 0.29) is 17.0 Å². The number of halogens is 2. The van der Waals surface area contributed by atoms with Crippen LogP contribution in [0.5, 0.6) is 11.5 Å². The molecule has 9 heteroatoms. The zero-order chi connectivity index (χ0) is 24.8. The van der Waals surface area contributed by atoms with Gasteiger partial charge in [-0.15, -0.1) is 0 Å². The van der Waals surface area contributed by atoms with Gasteiger partial charge in [0.15, 0.2) is 0 Å². The molecule has 2 aromatic carbocycles. The topological polar surface area (TPSA) is 86.4 Å². The molecule has 182 valence electrons. The van der Waals surface area contributed by atoms with Gasteiger partial charge in [-0.2, -0.15) is 0 Å². The SMILES string of the molecule is CN=C(C1=C(N)C(C)N(C(=O)c2cccc(OC)c2Cl)CC1)c1cc(Cl)cc(OCCOC)c1. The van der Waals surface area contributed by atoms with Gasteiger partial charge in [0, 0.05) is 42.6 Å². The zero-order valence-electron chi connectivity index (χ0n) is 19.7. The van der Waals surface area contributed by atoms with E-state index in [0.717, 1.165) is 16.8 Å². The molecule has 1 aliphatic heterocycles. The van der Waals surface area contributed by atoms with Crippen LogP contribution in [0.4, 0.5) is 0 Å². The molecular formula is C25H29Cl2N3O4. The van der Waals surface area contributed by atoms with E-state index in [1.54, 1.807) is 43.3 Å². The minimum Gasteiger partial charge on any atom is -0.495 e. The van der Waals surface area contributed by atoms with Crippen molar-refractivity contribution in [3.05, 3.63) is 68.8 Å². The number of nitrogens with zero attached hydrogens (tertiary/aromatic N) is 2. The highest BCUT2D eigenvalue weighted by Crippen LogP contribution is 2.32. The molecule has 0 fully saturated rings. The number of methoxy groups -OCH3 is 2. The summed E-state index contributed by atoms with van der Waals surface area (Å²) >= 11 is 12.7. The second kappa shape index (κ2) is 11.6. The summed E-state index contributed by atoms with van der Waals surface area (Å²) < 4.78 is 16.0. The number of nitrogens with two attached hydrogens (primary N) is 1. The monoisotopic (exact) mass is 505 g/mol. The van der Waals surface area contributed by atoms with Crippen molar-refractivity contribution >= 4 is 34.8 Å². The largest absolute Gasteiger partial charge is 0.495 e. The first kappa shape index (κ1) is 25.9. The lowest BCUT2D eigenvalue weighted by atomic mass is 9.91. The van der Waals surface area contributed by atoms with Gasteiger partial charge in [0.05, 0.1) is 36.1 Å². The van der Waals surface area contributed by atoms with Crippen LogP contribution >= 0.6 is 23.2 Å². The number of amides is 1. The molecule has 34 heavy (non-hydrogen) atoms.